The van der Waals surface area contributed by atoms with Crippen molar-refractivity contribution in [2.45, 2.75) is 52.4 Å². The zero-order valence-electron chi connectivity index (χ0n) is 23.7. The van der Waals surface area contributed by atoms with Crippen LogP contribution in [-0.2, 0) is 37.5 Å². The Labute approximate surface area is 241 Å². The Kier molecular flexibility index (Phi) is 8.61. The van der Waals surface area contributed by atoms with E-state index < -0.39 is 0 Å². The van der Waals surface area contributed by atoms with Crippen LogP contribution in [0.15, 0.2) is 84.9 Å². The van der Waals surface area contributed by atoms with Gasteiger partial charge in [-0.05, 0) is 79.0 Å². The maximum atomic E-state index is 13.2. The summed E-state index contributed by atoms with van der Waals surface area (Å²) in [5.41, 5.74) is 6.37. The first-order valence-corrected chi connectivity index (χ1v) is 14.8. The van der Waals surface area contributed by atoms with Crippen LogP contribution < -0.4 is 10.2 Å². The first kappa shape index (κ1) is 27.5. The standard InChI is InChI=1S/C35H38FN3O2/c1-2-39-33-12-6-5-11-30(33)32-24-38(22-19-34(32)39)21-8-7-20-37-23-31-29-10-4-3-9-27(29)15-18-35(31)41-40-25-26-13-16-28(36)17-14-26/h3-6,9-18,37H,2,7-8,19-25H2,1H3. The van der Waals surface area contributed by atoms with Crippen LogP contribution in [0.4, 0.5) is 4.39 Å². The van der Waals surface area contributed by atoms with Gasteiger partial charge in [-0.3, -0.25) is 4.90 Å². The van der Waals surface area contributed by atoms with Crippen LogP contribution in [0.5, 0.6) is 5.75 Å². The van der Waals surface area contributed by atoms with Crippen LogP contribution in [-0.4, -0.2) is 29.1 Å². The second-order valence-electron chi connectivity index (χ2n) is 10.8. The zero-order chi connectivity index (χ0) is 28.0. The summed E-state index contributed by atoms with van der Waals surface area (Å²) in [5, 5.41) is 7.38. The van der Waals surface area contributed by atoms with E-state index in [9.17, 15) is 4.39 Å². The second-order valence-corrected chi connectivity index (χ2v) is 10.8. The molecule has 0 spiro atoms. The quantitative estimate of drug-likeness (QED) is 0.0997. The Morgan fingerprint density at radius 2 is 1.68 bits per heavy atom. The number of fused-ring (bicyclic) bond motifs is 4. The van der Waals surface area contributed by atoms with E-state index in [1.165, 1.54) is 39.7 Å². The van der Waals surface area contributed by atoms with E-state index in [1.807, 2.05) is 6.07 Å². The Balaban J connectivity index is 1.01. The predicted molar refractivity (Wildman–Crippen MR) is 163 cm³/mol. The molecule has 2 heterocycles. The van der Waals surface area contributed by atoms with Gasteiger partial charge in [-0.25, -0.2) is 4.39 Å². The van der Waals surface area contributed by atoms with Gasteiger partial charge in [0.25, 0.3) is 0 Å². The van der Waals surface area contributed by atoms with Crippen molar-refractivity contribution in [2.24, 2.45) is 0 Å². The molecular weight excluding hydrogens is 513 g/mol. The maximum absolute atomic E-state index is 13.2. The van der Waals surface area contributed by atoms with Gasteiger partial charge in [0.15, 0.2) is 5.75 Å². The monoisotopic (exact) mass is 551 g/mol. The molecule has 1 aliphatic heterocycles. The first-order chi connectivity index (χ1) is 20.2. The largest absolute Gasteiger partial charge is 0.344 e. The third kappa shape index (κ3) is 6.15. The molecular formula is C35H38FN3O2. The van der Waals surface area contributed by atoms with Crippen molar-refractivity contribution in [1.82, 2.24) is 14.8 Å². The lowest BCUT2D eigenvalue weighted by Crippen LogP contribution is -2.32. The van der Waals surface area contributed by atoms with E-state index in [0.29, 0.717) is 12.3 Å². The van der Waals surface area contributed by atoms with Crippen LogP contribution >= 0.6 is 0 Å². The average molecular weight is 552 g/mol. The highest BCUT2D eigenvalue weighted by Gasteiger charge is 2.23. The van der Waals surface area contributed by atoms with Gasteiger partial charge < -0.3 is 14.8 Å². The molecule has 4 aromatic carbocycles. The van der Waals surface area contributed by atoms with Gasteiger partial charge >= 0.3 is 0 Å². The molecule has 0 fully saturated rings. The molecule has 1 aromatic heterocycles. The Hall–Kier alpha value is -3.71. The predicted octanol–water partition coefficient (Wildman–Crippen LogP) is 7.39. The van der Waals surface area contributed by atoms with Crippen molar-refractivity contribution in [3.05, 3.63) is 113 Å². The highest BCUT2D eigenvalue weighted by molar-refractivity contribution is 5.88. The molecule has 5 nitrogen and oxygen atoms in total. The number of hydrogen-bond acceptors (Lipinski definition) is 4. The molecule has 1 N–H and O–H groups in total. The minimum Gasteiger partial charge on any atom is -0.344 e. The molecule has 6 heteroatoms. The van der Waals surface area contributed by atoms with Crippen LogP contribution in [0.1, 0.15) is 42.1 Å². The number of hydrogen-bond donors (Lipinski definition) is 1. The summed E-state index contributed by atoms with van der Waals surface area (Å²) < 4.78 is 15.7. The van der Waals surface area contributed by atoms with E-state index >= 15 is 0 Å². The SMILES string of the molecule is CCn1c2c(c3ccccc31)CN(CCCCNCc1c(OOCc3ccc(F)cc3)ccc3ccccc13)CC2. The van der Waals surface area contributed by atoms with E-state index in [1.54, 1.807) is 12.1 Å². The number of aryl methyl sites for hydroxylation is 1. The number of nitrogens with one attached hydrogen (secondary N) is 1. The van der Waals surface area contributed by atoms with Crippen molar-refractivity contribution in [1.29, 1.82) is 0 Å². The summed E-state index contributed by atoms with van der Waals surface area (Å²) in [6.07, 6.45) is 3.40. The molecule has 41 heavy (non-hydrogen) atoms. The van der Waals surface area contributed by atoms with Gasteiger partial charge in [0.2, 0.25) is 0 Å². The molecule has 0 radical (unpaired) electrons. The molecule has 0 saturated carbocycles. The van der Waals surface area contributed by atoms with Gasteiger partial charge in [0, 0.05) is 54.8 Å². The molecule has 0 amide bonds. The van der Waals surface area contributed by atoms with Crippen molar-refractivity contribution in [3.8, 4) is 5.75 Å². The minimum atomic E-state index is -0.261. The van der Waals surface area contributed by atoms with Gasteiger partial charge in [-0.1, -0.05) is 60.7 Å². The molecule has 212 valence electrons. The van der Waals surface area contributed by atoms with Crippen LogP contribution in [0.25, 0.3) is 21.7 Å². The summed E-state index contributed by atoms with van der Waals surface area (Å²) in [4.78, 5) is 13.9. The molecule has 0 aliphatic carbocycles. The zero-order valence-corrected chi connectivity index (χ0v) is 23.7. The molecule has 6 rings (SSSR count). The van der Waals surface area contributed by atoms with E-state index in [4.69, 9.17) is 9.78 Å². The van der Waals surface area contributed by atoms with Crippen molar-refractivity contribution < 1.29 is 14.2 Å². The summed E-state index contributed by atoms with van der Waals surface area (Å²) in [6.45, 7) is 8.46. The van der Waals surface area contributed by atoms with E-state index in [-0.39, 0.29) is 12.4 Å². The van der Waals surface area contributed by atoms with Gasteiger partial charge in [-0.15, -0.1) is 0 Å². The Morgan fingerprint density at radius 1 is 0.878 bits per heavy atom. The fraction of sp³-hybridized carbons (Fsp3) is 0.314. The maximum Gasteiger partial charge on any atom is 0.170 e. The van der Waals surface area contributed by atoms with Crippen molar-refractivity contribution in [3.63, 3.8) is 0 Å². The lowest BCUT2D eigenvalue weighted by atomic mass is 10.0. The number of unbranched alkanes of at least 4 members (excludes halogenated alkanes) is 1. The topological polar surface area (TPSA) is 38.7 Å². The summed E-state index contributed by atoms with van der Waals surface area (Å²) in [5.74, 6) is 0.441. The van der Waals surface area contributed by atoms with Gasteiger partial charge in [-0.2, -0.15) is 4.89 Å². The summed E-state index contributed by atoms with van der Waals surface area (Å²) in [6, 6.07) is 27.5. The van der Waals surface area contributed by atoms with Gasteiger partial charge in [0.1, 0.15) is 12.4 Å². The molecule has 1 aliphatic rings. The normalized spacial score (nSPS) is 13.6. The number of para-hydroxylation sites is 1. The van der Waals surface area contributed by atoms with Crippen LogP contribution in [0, 0.1) is 5.82 Å². The second kappa shape index (κ2) is 12.9. The number of nitrogens with zero attached hydrogens (tertiary/aromatic N) is 2. The summed E-state index contributed by atoms with van der Waals surface area (Å²) in [7, 11) is 0. The molecule has 0 unspecified atom stereocenters. The number of rotatable bonds is 12. The van der Waals surface area contributed by atoms with E-state index in [2.05, 4.69) is 76.3 Å². The highest BCUT2D eigenvalue weighted by atomic mass is 19.1. The number of aromatic nitrogens is 1. The third-order valence-corrected chi connectivity index (χ3v) is 8.22. The fourth-order valence-electron chi connectivity index (χ4n) is 6.13. The van der Waals surface area contributed by atoms with Crippen LogP contribution in [0.3, 0.4) is 0 Å². The third-order valence-electron chi connectivity index (χ3n) is 8.22. The molecule has 0 bridgehead atoms. The Bertz CT molecular complexity index is 1610. The number of halogens is 1. The van der Waals surface area contributed by atoms with Gasteiger partial charge in [0.05, 0.1) is 0 Å². The fourth-order valence-corrected chi connectivity index (χ4v) is 6.13. The smallest absolute Gasteiger partial charge is 0.170 e. The van der Waals surface area contributed by atoms with Crippen molar-refractivity contribution in [2.75, 3.05) is 19.6 Å². The molecule has 0 atom stereocenters. The Morgan fingerprint density at radius 3 is 2.54 bits per heavy atom. The van der Waals surface area contributed by atoms with E-state index in [0.717, 1.165) is 68.5 Å². The first-order valence-electron chi connectivity index (χ1n) is 14.8. The number of benzene rings is 4. The summed E-state index contributed by atoms with van der Waals surface area (Å²) >= 11 is 0. The van der Waals surface area contributed by atoms with Crippen LogP contribution in [0.2, 0.25) is 0 Å². The lowest BCUT2D eigenvalue weighted by molar-refractivity contribution is -0.218. The van der Waals surface area contributed by atoms with Crippen molar-refractivity contribution >= 4 is 21.7 Å². The average Bonchev–Trinajstić information content (AvgIpc) is 3.33. The molecule has 5 aromatic rings. The lowest BCUT2D eigenvalue weighted by Gasteiger charge is -2.28. The minimum absolute atomic E-state index is 0.247. The highest BCUT2D eigenvalue weighted by Crippen LogP contribution is 2.31. The molecule has 0 saturated heterocycles.